The molecular formula is C15H16ClN3O. The van der Waals surface area contributed by atoms with E-state index >= 15 is 0 Å². The molecule has 0 N–H and O–H groups in total. The van der Waals surface area contributed by atoms with Crippen LogP contribution >= 0.6 is 11.6 Å². The van der Waals surface area contributed by atoms with Crippen molar-refractivity contribution in [3.05, 3.63) is 46.2 Å². The lowest BCUT2D eigenvalue weighted by Gasteiger charge is -2.09. The maximum Gasteiger partial charge on any atom is 0.138 e. The molecule has 0 unspecified atom stereocenters. The van der Waals surface area contributed by atoms with E-state index in [1.807, 2.05) is 23.7 Å². The zero-order chi connectivity index (χ0) is 14.5. The van der Waals surface area contributed by atoms with Crippen LogP contribution in [0.25, 0.3) is 0 Å². The fourth-order valence-electron chi connectivity index (χ4n) is 1.92. The summed E-state index contributed by atoms with van der Waals surface area (Å²) in [5.74, 6) is 0.576. The molecule has 4 nitrogen and oxygen atoms in total. The molecular weight excluding hydrogens is 274 g/mol. The van der Waals surface area contributed by atoms with Crippen LogP contribution in [0.2, 0.25) is 5.02 Å². The molecule has 0 saturated heterocycles. The first kappa shape index (κ1) is 14.4. The van der Waals surface area contributed by atoms with Gasteiger partial charge in [0.1, 0.15) is 12.4 Å². The predicted molar refractivity (Wildman–Crippen MR) is 77.8 cm³/mol. The Hall–Kier alpha value is -1.99. The van der Waals surface area contributed by atoms with Gasteiger partial charge < -0.3 is 4.74 Å². The lowest BCUT2D eigenvalue weighted by Crippen LogP contribution is -2.06. The Kier molecular flexibility index (Phi) is 4.65. The number of hydrogen-bond acceptors (Lipinski definition) is 3. The zero-order valence-corrected chi connectivity index (χ0v) is 12.3. The van der Waals surface area contributed by atoms with E-state index in [-0.39, 0.29) is 0 Å². The molecule has 0 aliphatic heterocycles. The van der Waals surface area contributed by atoms with Gasteiger partial charge in [0, 0.05) is 6.54 Å². The summed E-state index contributed by atoms with van der Waals surface area (Å²) in [5.41, 5.74) is 2.59. The van der Waals surface area contributed by atoms with Gasteiger partial charge in [-0.05, 0) is 37.6 Å². The Balaban J connectivity index is 2.12. The monoisotopic (exact) mass is 289 g/mol. The molecule has 2 rings (SSSR count). The molecule has 1 heterocycles. The number of rotatable bonds is 5. The van der Waals surface area contributed by atoms with Crippen LogP contribution < -0.4 is 4.74 Å². The van der Waals surface area contributed by atoms with Crippen LogP contribution in [0.1, 0.15) is 30.8 Å². The number of nitrogens with zero attached hydrogens (tertiary/aromatic N) is 3. The first-order valence-electron chi connectivity index (χ1n) is 6.56. The van der Waals surface area contributed by atoms with Gasteiger partial charge in [0.2, 0.25) is 0 Å². The van der Waals surface area contributed by atoms with E-state index in [4.69, 9.17) is 21.6 Å². The van der Waals surface area contributed by atoms with Crippen LogP contribution in [-0.2, 0) is 19.6 Å². The minimum absolute atomic E-state index is 0.409. The SMILES string of the molecule is CCc1cc(COc2ccc(C#N)cc2Cl)n(CC)n1. The minimum atomic E-state index is 0.409. The summed E-state index contributed by atoms with van der Waals surface area (Å²) in [6.07, 6.45) is 0.900. The lowest BCUT2D eigenvalue weighted by molar-refractivity contribution is 0.292. The van der Waals surface area contributed by atoms with Gasteiger partial charge in [0.15, 0.2) is 0 Å². The van der Waals surface area contributed by atoms with E-state index in [0.29, 0.717) is 22.9 Å². The summed E-state index contributed by atoms with van der Waals surface area (Å²) in [7, 11) is 0. The highest BCUT2D eigenvalue weighted by Crippen LogP contribution is 2.26. The van der Waals surface area contributed by atoms with Crippen LogP contribution in [0, 0.1) is 11.3 Å². The molecule has 104 valence electrons. The van der Waals surface area contributed by atoms with Crippen molar-refractivity contribution in [2.45, 2.75) is 33.4 Å². The molecule has 0 saturated carbocycles. The molecule has 0 radical (unpaired) electrons. The summed E-state index contributed by atoms with van der Waals surface area (Å²) < 4.78 is 7.65. The van der Waals surface area contributed by atoms with Crippen molar-refractivity contribution < 1.29 is 4.74 Å². The predicted octanol–water partition coefficient (Wildman–Crippen LogP) is 3.57. The molecule has 2 aromatic rings. The molecule has 0 fully saturated rings. The second-order valence-electron chi connectivity index (χ2n) is 4.34. The quantitative estimate of drug-likeness (QED) is 0.845. The lowest BCUT2D eigenvalue weighted by atomic mass is 10.2. The van der Waals surface area contributed by atoms with Crippen LogP contribution in [0.4, 0.5) is 0 Å². The van der Waals surface area contributed by atoms with Gasteiger partial charge in [-0.15, -0.1) is 0 Å². The number of ether oxygens (including phenoxy) is 1. The van der Waals surface area contributed by atoms with Crippen molar-refractivity contribution in [1.82, 2.24) is 9.78 Å². The topological polar surface area (TPSA) is 50.8 Å². The summed E-state index contributed by atoms with van der Waals surface area (Å²) in [4.78, 5) is 0. The third-order valence-corrected chi connectivity index (χ3v) is 3.31. The van der Waals surface area contributed by atoms with E-state index in [0.717, 1.165) is 24.4 Å². The summed E-state index contributed by atoms with van der Waals surface area (Å²) in [6, 6.07) is 9.10. The van der Waals surface area contributed by atoms with E-state index < -0.39 is 0 Å². The van der Waals surface area contributed by atoms with E-state index in [1.165, 1.54) is 0 Å². The van der Waals surface area contributed by atoms with Crippen molar-refractivity contribution in [2.24, 2.45) is 0 Å². The first-order valence-corrected chi connectivity index (χ1v) is 6.93. The molecule has 0 bridgehead atoms. The molecule has 0 aliphatic rings. The number of aryl methyl sites for hydroxylation is 2. The van der Waals surface area contributed by atoms with Gasteiger partial charge in [0.05, 0.1) is 28.0 Å². The van der Waals surface area contributed by atoms with Crippen molar-refractivity contribution >= 4 is 11.6 Å². The Morgan fingerprint density at radius 2 is 2.15 bits per heavy atom. The average Bonchev–Trinajstić information content (AvgIpc) is 2.88. The maximum absolute atomic E-state index is 8.80. The third-order valence-electron chi connectivity index (χ3n) is 3.01. The van der Waals surface area contributed by atoms with Crippen LogP contribution in [0.3, 0.4) is 0 Å². The van der Waals surface area contributed by atoms with Crippen LogP contribution in [0.5, 0.6) is 5.75 Å². The van der Waals surface area contributed by atoms with E-state index in [2.05, 4.69) is 12.0 Å². The molecule has 20 heavy (non-hydrogen) atoms. The van der Waals surface area contributed by atoms with E-state index in [9.17, 15) is 0 Å². The second kappa shape index (κ2) is 6.44. The average molecular weight is 290 g/mol. The van der Waals surface area contributed by atoms with Crippen molar-refractivity contribution in [3.63, 3.8) is 0 Å². The Bertz CT molecular complexity index is 643. The first-order chi connectivity index (χ1) is 9.67. The highest BCUT2D eigenvalue weighted by molar-refractivity contribution is 6.32. The van der Waals surface area contributed by atoms with Gasteiger partial charge >= 0.3 is 0 Å². The maximum atomic E-state index is 8.80. The Labute approximate surface area is 123 Å². The molecule has 1 aromatic carbocycles. The molecule has 0 spiro atoms. The highest BCUT2D eigenvalue weighted by atomic mass is 35.5. The fourth-order valence-corrected chi connectivity index (χ4v) is 2.15. The number of hydrogen-bond donors (Lipinski definition) is 0. The molecule has 0 amide bonds. The van der Waals surface area contributed by atoms with Gasteiger partial charge in [-0.1, -0.05) is 18.5 Å². The molecule has 0 aliphatic carbocycles. The van der Waals surface area contributed by atoms with Crippen LogP contribution in [0.15, 0.2) is 24.3 Å². The standard InChI is InChI=1S/C15H16ClN3O/c1-3-12-8-13(19(4-2)18-12)10-20-15-6-5-11(9-17)7-14(15)16/h5-8H,3-4,10H2,1-2H3. The van der Waals surface area contributed by atoms with Gasteiger partial charge in [-0.3, -0.25) is 4.68 Å². The van der Waals surface area contributed by atoms with Crippen molar-refractivity contribution in [1.29, 1.82) is 5.26 Å². The molecule has 5 heteroatoms. The minimum Gasteiger partial charge on any atom is -0.486 e. The van der Waals surface area contributed by atoms with Gasteiger partial charge in [-0.2, -0.15) is 10.4 Å². The van der Waals surface area contributed by atoms with Crippen molar-refractivity contribution in [3.8, 4) is 11.8 Å². The normalized spacial score (nSPS) is 10.3. The smallest absolute Gasteiger partial charge is 0.138 e. The Morgan fingerprint density at radius 1 is 1.35 bits per heavy atom. The van der Waals surface area contributed by atoms with Gasteiger partial charge in [0.25, 0.3) is 0 Å². The molecule has 0 atom stereocenters. The number of aromatic nitrogens is 2. The fraction of sp³-hybridized carbons (Fsp3) is 0.333. The van der Waals surface area contributed by atoms with Crippen LogP contribution in [-0.4, -0.2) is 9.78 Å². The van der Waals surface area contributed by atoms with Crippen molar-refractivity contribution in [2.75, 3.05) is 0 Å². The van der Waals surface area contributed by atoms with E-state index in [1.54, 1.807) is 18.2 Å². The summed E-state index contributed by atoms with van der Waals surface area (Å²) >= 11 is 6.08. The zero-order valence-electron chi connectivity index (χ0n) is 11.6. The Morgan fingerprint density at radius 3 is 2.75 bits per heavy atom. The van der Waals surface area contributed by atoms with Gasteiger partial charge in [-0.25, -0.2) is 0 Å². The summed E-state index contributed by atoms with van der Waals surface area (Å²) in [5, 5.41) is 13.7. The number of benzene rings is 1. The molecule has 1 aromatic heterocycles. The number of nitriles is 1. The highest BCUT2D eigenvalue weighted by Gasteiger charge is 2.08. The third kappa shape index (κ3) is 3.12. The largest absolute Gasteiger partial charge is 0.486 e. The number of halogens is 1. The second-order valence-corrected chi connectivity index (χ2v) is 4.75. The summed E-state index contributed by atoms with van der Waals surface area (Å²) in [6.45, 7) is 5.33.